The van der Waals surface area contributed by atoms with Crippen molar-refractivity contribution < 1.29 is 49.0 Å². The zero-order valence-electron chi connectivity index (χ0n) is 27.7. The van der Waals surface area contributed by atoms with Crippen LogP contribution in [0.4, 0.5) is 0 Å². The first-order valence-electron chi connectivity index (χ1n) is 17.6. The van der Waals surface area contributed by atoms with E-state index >= 15 is 0 Å². The van der Waals surface area contributed by atoms with Gasteiger partial charge in [0, 0.05) is 12.8 Å². The molecule has 0 aliphatic carbocycles. The molecule has 4 N–H and O–H groups in total. The van der Waals surface area contributed by atoms with Crippen molar-refractivity contribution in [1.82, 2.24) is 0 Å². The molecule has 0 radical (unpaired) electrons. The highest BCUT2D eigenvalue weighted by molar-refractivity contribution is 5.70. The molecule has 1 heterocycles. The fraction of sp³-hybridized carbons (Fsp3) is 0.941. The smallest absolute Gasteiger partial charge is 0.306 e. The Labute approximate surface area is 266 Å². The molecule has 1 rings (SSSR count). The summed E-state index contributed by atoms with van der Waals surface area (Å²) >= 11 is 0. The summed E-state index contributed by atoms with van der Waals surface area (Å²) in [6.07, 6.45) is 14.2. The molecule has 10 nitrogen and oxygen atoms in total. The summed E-state index contributed by atoms with van der Waals surface area (Å²) < 4.78 is 21.9. The maximum Gasteiger partial charge on any atom is 0.306 e. The first kappa shape index (κ1) is 40.7. The summed E-state index contributed by atoms with van der Waals surface area (Å²) in [6, 6.07) is 0. The van der Waals surface area contributed by atoms with E-state index in [9.17, 15) is 30.0 Å². The summed E-state index contributed by atoms with van der Waals surface area (Å²) in [5, 5.41) is 39.7. The number of aliphatic hydroxyl groups is 4. The molecular weight excluding hydrogens is 568 g/mol. The monoisotopic (exact) mass is 632 g/mol. The average molecular weight is 633 g/mol. The maximum atomic E-state index is 12.6. The molecular formula is C34H64O10. The number of hydrogen-bond donors (Lipinski definition) is 4. The van der Waals surface area contributed by atoms with Gasteiger partial charge < -0.3 is 39.4 Å². The number of unbranched alkanes of at least 4 members (excludes halogenated alkanes) is 17. The fourth-order valence-corrected chi connectivity index (χ4v) is 5.36. The topological polar surface area (TPSA) is 152 Å². The van der Waals surface area contributed by atoms with Crippen LogP contribution in [0.1, 0.15) is 149 Å². The van der Waals surface area contributed by atoms with Gasteiger partial charge in [-0.05, 0) is 12.8 Å². The average Bonchev–Trinajstić information content (AvgIpc) is 3.02. The van der Waals surface area contributed by atoms with Crippen molar-refractivity contribution in [1.29, 1.82) is 0 Å². The lowest BCUT2D eigenvalue weighted by Gasteiger charge is -2.39. The van der Waals surface area contributed by atoms with Crippen LogP contribution >= 0.6 is 0 Å². The number of rotatable bonds is 28. The molecule has 1 fully saturated rings. The number of carbonyl (C=O) groups is 2. The molecule has 1 aliphatic rings. The van der Waals surface area contributed by atoms with Crippen molar-refractivity contribution in [3.05, 3.63) is 0 Å². The van der Waals surface area contributed by atoms with Crippen LogP contribution in [0.25, 0.3) is 0 Å². The highest BCUT2D eigenvalue weighted by Gasteiger charge is 2.44. The second-order valence-electron chi connectivity index (χ2n) is 12.3. The third-order valence-corrected chi connectivity index (χ3v) is 8.24. The predicted octanol–water partition coefficient (Wildman–Crippen LogP) is 5.49. The maximum absolute atomic E-state index is 12.6. The molecule has 10 heteroatoms. The van der Waals surface area contributed by atoms with E-state index in [1.807, 2.05) is 0 Å². The molecule has 0 aromatic rings. The minimum atomic E-state index is -1.59. The SMILES string of the molecule is CCCCCCCCCCCCC(=O)OC(COC(=O)CCCCCCCCCCC)COC1OC(CO)C(O)C(O)C1O. The van der Waals surface area contributed by atoms with Gasteiger partial charge in [0.1, 0.15) is 31.0 Å². The zero-order chi connectivity index (χ0) is 32.4. The van der Waals surface area contributed by atoms with E-state index in [0.717, 1.165) is 38.5 Å². The zero-order valence-corrected chi connectivity index (χ0v) is 27.7. The van der Waals surface area contributed by atoms with Gasteiger partial charge in [0.25, 0.3) is 0 Å². The molecule has 0 aromatic carbocycles. The second-order valence-corrected chi connectivity index (χ2v) is 12.3. The molecule has 0 amide bonds. The molecule has 6 unspecified atom stereocenters. The van der Waals surface area contributed by atoms with Gasteiger partial charge in [-0.25, -0.2) is 0 Å². The van der Waals surface area contributed by atoms with Crippen LogP contribution in [0.5, 0.6) is 0 Å². The van der Waals surface area contributed by atoms with Gasteiger partial charge in [0.15, 0.2) is 12.4 Å². The lowest BCUT2D eigenvalue weighted by atomic mass is 9.99. The van der Waals surface area contributed by atoms with Gasteiger partial charge in [0.05, 0.1) is 13.2 Å². The number of aliphatic hydroxyl groups excluding tert-OH is 4. The van der Waals surface area contributed by atoms with Crippen LogP contribution in [-0.4, -0.2) is 89.0 Å². The van der Waals surface area contributed by atoms with Gasteiger partial charge in [-0.15, -0.1) is 0 Å². The van der Waals surface area contributed by atoms with Gasteiger partial charge in [0.2, 0.25) is 0 Å². The van der Waals surface area contributed by atoms with Crippen molar-refractivity contribution in [2.75, 3.05) is 19.8 Å². The van der Waals surface area contributed by atoms with E-state index in [2.05, 4.69) is 13.8 Å². The van der Waals surface area contributed by atoms with E-state index < -0.39 is 49.4 Å². The Balaban J connectivity index is 2.45. The molecule has 1 saturated heterocycles. The van der Waals surface area contributed by atoms with Crippen molar-refractivity contribution in [3.8, 4) is 0 Å². The van der Waals surface area contributed by atoms with E-state index in [1.54, 1.807) is 0 Å². The Morgan fingerprint density at radius 3 is 1.55 bits per heavy atom. The van der Waals surface area contributed by atoms with Crippen molar-refractivity contribution in [2.24, 2.45) is 0 Å². The number of esters is 2. The van der Waals surface area contributed by atoms with Gasteiger partial charge in [-0.2, -0.15) is 0 Å². The van der Waals surface area contributed by atoms with Crippen LogP contribution in [0, 0.1) is 0 Å². The fourth-order valence-electron chi connectivity index (χ4n) is 5.36. The van der Waals surface area contributed by atoms with Crippen LogP contribution < -0.4 is 0 Å². The summed E-state index contributed by atoms with van der Waals surface area (Å²) in [7, 11) is 0. The largest absolute Gasteiger partial charge is 0.462 e. The first-order valence-corrected chi connectivity index (χ1v) is 17.6. The Morgan fingerprint density at radius 2 is 1.07 bits per heavy atom. The standard InChI is InChI=1S/C34H64O10/c1-3-5-7-9-11-13-15-17-19-21-23-30(37)43-27(26-42-34-33(40)32(39)31(38)28(24-35)44-34)25-41-29(36)22-20-18-16-14-12-10-8-6-4-2/h27-28,31-35,38-40H,3-26H2,1-2H3. The quantitative estimate of drug-likeness (QED) is 0.0644. The lowest BCUT2D eigenvalue weighted by molar-refractivity contribution is -0.305. The highest BCUT2D eigenvalue weighted by Crippen LogP contribution is 2.22. The van der Waals surface area contributed by atoms with Crippen molar-refractivity contribution >= 4 is 11.9 Å². The lowest BCUT2D eigenvalue weighted by Crippen LogP contribution is -2.59. The van der Waals surface area contributed by atoms with Gasteiger partial charge in [-0.1, -0.05) is 123 Å². The predicted molar refractivity (Wildman–Crippen MR) is 169 cm³/mol. The highest BCUT2D eigenvalue weighted by atomic mass is 16.7. The molecule has 44 heavy (non-hydrogen) atoms. The minimum absolute atomic E-state index is 0.211. The molecule has 0 aromatic heterocycles. The molecule has 260 valence electrons. The second kappa shape index (κ2) is 26.9. The summed E-state index contributed by atoms with van der Waals surface area (Å²) in [5.41, 5.74) is 0. The number of ether oxygens (including phenoxy) is 4. The number of hydrogen-bond acceptors (Lipinski definition) is 10. The molecule has 6 atom stereocenters. The van der Waals surface area contributed by atoms with E-state index in [0.29, 0.717) is 6.42 Å². The summed E-state index contributed by atoms with van der Waals surface area (Å²) in [4.78, 5) is 25.0. The molecule has 0 spiro atoms. The summed E-state index contributed by atoms with van der Waals surface area (Å²) in [5.74, 6) is -0.807. The Kier molecular flexibility index (Phi) is 24.9. The van der Waals surface area contributed by atoms with Crippen LogP contribution in [0.2, 0.25) is 0 Å². The van der Waals surface area contributed by atoms with Gasteiger partial charge in [-0.3, -0.25) is 9.59 Å². The van der Waals surface area contributed by atoms with Crippen LogP contribution in [0.15, 0.2) is 0 Å². The van der Waals surface area contributed by atoms with Crippen molar-refractivity contribution in [3.63, 3.8) is 0 Å². The third kappa shape index (κ3) is 19.3. The first-order chi connectivity index (χ1) is 21.3. The third-order valence-electron chi connectivity index (χ3n) is 8.24. The Hall–Kier alpha value is -1.30. The summed E-state index contributed by atoms with van der Waals surface area (Å²) in [6.45, 7) is 3.36. The van der Waals surface area contributed by atoms with Crippen molar-refractivity contribution in [2.45, 2.75) is 185 Å². The number of carbonyl (C=O) groups excluding carboxylic acids is 2. The Bertz CT molecular complexity index is 704. The molecule has 1 aliphatic heterocycles. The van der Waals surface area contributed by atoms with E-state index in [1.165, 1.54) is 77.0 Å². The van der Waals surface area contributed by atoms with Gasteiger partial charge >= 0.3 is 11.9 Å². The normalized spacial score (nSPS) is 22.5. The molecule has 0 saturated carbocycles. The van der Waals surface area contributed by atoms with E-state index in [-0.39, 0.29) is 32.0 Å². The van der Waals surface area contributed by atoms with E-state index in [4.69, 9.17) is 18.9 Å². The Morgan fingerprint density at radius 1 is 0.614 bits per heavy atom. The van der Waals surface area contributed by atoms with Crippen LogP contribution in [0.3, 0.4) is 0 Å². The molecule has 0 bridgehead atoms. The van der Waals surface area contributed by atoms with Crippen LogP contribution in [-0.2, 0) is 28.5 Å². The minimum Gasteiger partial charge on any atom is -0.462 e.